The zero-order chi connectivity index (χ0) is 16.2. The molecule has 0 saturated carbocycles. The first-order chi connectivity index (χ1) is 10.4. The van der Waals surface area contributed by atoms with Gasteiger partial charge in [0.1, 0.15) is 6.54 Å². The van der Waals surface area contributed by atoms with Crippen LogP contribution >= 0.6 is 0 Å². The Bertz CT molecular complexity index is 679. The smallest absolute Gasteiger partial charge is 0.330 e. The number of amides is 1. The number of alkyl halides is 3. The van der Waals surface area contributed by atoms with Gasteiger partial charge in [0.2, 0.25) is 5.91 Å². The Labute approximate surface area is 126 Å². The molecular weight excluding hydrogens is 291 g/mol. The Morgan fingerprint density at radius 3 is 2.45 bits per heavy atom. The Balaban J connectivity index is 2.15. The van der Waals surface area contributed by atoms with Gasteiger partial charge in [0.25, 0.3) is 0 Å². The lowest BCUT2D eigenvalue weighted by Crippen LogP contribution is -2.39. The van der Waals surface area contributed by atoms with Crippen molar-refractivity contribution in [2.24, 2.45) is 0 Å². The highest BCUT2D eigenvalue weighted by atomic mass is 19.4. The van der Waals surface area contributed by atoms with Gasteiger partial charge in [0, 0.05) is 6.54 Å². The molecule has 0 saturated heterocycles. The fourth-order valence-corrected chi connectivity index (χ4v) is 2.26. The molecule has 2 aromatic rings. The Kier molecular flexibility index (Phi) is 4.85. The van der Waals surface area contributed by atoms with E-state index in [1.807, 2.05) is 36.4 Å². The summed E-state index contributed by atoms with van der Waals surface area (Å²) in [6.45, 7) is 2.02. The summed E-state index contributed by atoms with van der Waals surface area (Å²) in [5.74, 6) is -0.562. The molecular formula is C17H16F3NO. The number of benzene rings is 2. The molecule has 0 N–H and O–H groups in total. The maximum atomic E-state index is 12.5. The summed E-state index contributed by atoms with van der Waals surface area (Å²) in [5.41, 5.74) is 0.694. The van der Waals surface area contributed by atoms with Crippen LogP contribution in [0.3, 0.4) is 0 Å². The second-order valence-electron chi connectivity index (χ2n) is 5.04. The summed E-state index contributed by atoms with van der Waals surface area (Å²) in [5, 5.41) is 1.98. The van der Waals surface area contributed by atoms with E-state index in [2.05, 4.69) is 6.58 Å². The molecule has 0 heterocycles. The number of carbonyl (C=O) groups is 1. The summed E-state index contributed by atoms with van der Waals surface area (Å²) in [4.78, 5) is 12.9. The van der Waals surface area contributed by atoms with Gasteiger partial charge in [-0.2, -0.15) is 13.2 Å². The molecule has 22 heavy (non-hydrogen) atoms. The van der Waals surface area contributed by atoms with E-state index in [1.165, 1.54) is 6.08 Å². The summed E-state index contributed by atoms with van der Waals surface area (Å²) >= 11 is 0. The average Bonchev–Trinajstić information content (AvgIpc) is 2.45. The highest BCUT2D eigenvalue weighted by Crippen LogP contribution is 2.19. The number of nitrogens with zero attached hydrogens (tertiary/aromatic N) is 1. The van der Waals surface area contributed by atoms with Crippen molar-refractivity contribution in [3.8, 4) is 0 Å². The van der Waals surface area contributed by atoms with Gasteiger partial charge in [-0.05, 0) is 16.3 Å². The first kappa shape index (κ1) is 16.1. The van der Waals surface area contributed by atoms with Crippen molar-refractivity contribution in [3.05, 3.63) is 60.7 Å². The minimum Gasteiger partial charge on any atom is -0.330 e. The highest BCUT2D eigenvalue weighted by Gasteiger charge is 2.32. The lowest BCUT2D eigenvalue weighted by Gasteiger charge is -2.22. The SMILES string of the molecule is C=CCN(CC(F)(F)F)C(=O)Cc1ccc2ccccc2c1. The third kappa shape index (κ3) is 4.35. The number of halogens is 3. The van der Waals surface area contributed by atoms with Gasteiger partial charge in [-0.15, -0.1) is 6.58 Å². The molecule has 2 nitrogen and oxygen atoms in total. The van der Waals surface area contributed by atoms with Crippen molar-refractivity contribution in [1.82, 2.24) is 4.90 Å². The van der Waals surface area contributed by atoms with E-state index < -0.39 is 18.6 Å². The van der Waals surface area contributed by atoms with E-state index in [0.29, 0.717) is 5.56 Å². The molecule has 0 aliphatic rings. The molecule has 0 atom stereocenters. The maximum absolute atomic E-state index is 12.5. The van der Waals surface area contributed by atoms with Crippen LogP contribution in [0, 0.1) is 0 Å². The van der Waals surface area contributed by atoms with E-state index >= 15 is 0 Å². The van der Waals surface area contributed by atoms with E-state index in [4.69, 9.17) is 0 Å². The second-order valence-corrected chi connectivity index (χ2v) is 5.04. The molecule has 0 spiro atoms. The van der Waals surface area contributed by atoms with Crippen molar-refractivity contribution in [1.29, 1.82) is 0 Å². The van der Waals surface area contributed by atoms with Crippen molar-refractivity contribution in [2.45, 2.75) is 12.6 Å². The maximum Gasteiger partial charge on any atom is 0.406 e. The number of carbonyl (C=O) groups excluding carboxylic acids is 1. The lowest BCUT2D eigenvalue weighted by molar-refractivity contribution is -0.159. The van der Waals surface area contributed by atoms with Crippen molar-refractivity contribution in [2.75, 3.05) is 13.1 Å². The summed E-state index contributed by atoms with van der Waals surface area (Å²) in [6.07, 6.45) is -3.18. The summed E-state index contributed by atoms with van der Waals surface area (Å²) in [6, 6.07) is 13.1. The van der Waals surface area contributed by atoms with Crippen LogP contribution in [0.5, 0.6) is 0 Å². The standard InChI is InChI=1S/C17H16F3NO/c1-2-9-21(12-17(18,19)20)16(22)11-13-7-8-14-5-3-4-6-15(14)10-13/h2-8,10H,1,9,11-12H2. The van der Waals surface area contributed by atoms with E-state index in [-0.39, 0.29) is 13.0 Å². The number of rotatable bonds is 5. The topological polar surface area (TPSA) is 20.3 Å². The van der Waals surface area contributed by atoms with Crippen LogP contribution in [0.4, 0.5) is 13.2 Å². The monoisotopic (exact) mass is 307 g/mol. The average molecular weight is 307 g/mol. The van der Waals surface area contributed by atoms with Gasteiger partial charge < -0.3 is 4.90 Å². The summed E-state index contributed by atoms with van der Waals surface area (Å²) < 4.78 is 37.5. The van der Waals surface area contributed by atoms with Crippen LogP contribution in [0.2, 0.25) is 0 Å². The highest BCUT2D eigenvalue weighted by molar-refractivity contribution is 5.85. The first-order valence-corrected chi connectivity index (χ1v) is 6.82. The van der Waals surface area contributed by atoms with E-state index in [1.54, 1.807) is 6.07 Å². The minimum atomic E-state index is -4.41. The van der Waals surface area contributed by atoms with Gasteiger partial charge >= 0.3 is 6.18 Å². The lowest BCUT2D eigenvalue weighted by atomic mass is 10.0. The predicted molar refractivity (Wildman–Crippen MR) is 80.5 cm³/mol. The van der Waals surface area contributed by atoms with Gasteiger partial charge in [0.05, 0.1) is 6.42 Å². The predicted octanol–water partition coefficient (Wildman–Crippen LogP) is 3.96. The molecule has 0 radical (unpaired) electrons. The minimum absolute atomic E-state index is 0.0608. The van der Waals surface area contributed by atoms with Crippen molar-refractivity contribution >= 4 is 16.7 Å². The fourth-order valence-electron chi connectivity index (χ4n) is 2.26. The van der Waals surface area contributed by atoms with Gasteiger partial charge in [-0.1, -0.05) is 48.5 Å². The molecule has 2 rings (SSSR count). The molecule has 0 aliphatic heterocycles. The molecule has 0 aliphatic carbocycles. The van der Waals surface area contributed by atoms with E-state index in [0.717, 1.165) is 15.7 Å². The fraction of sp³-hybridized carbons (Fsp3) is 0.235. The Morgan fingerprint density at radius 1 is 1.14 bits per heavy atom. The zero-order valence-electron chi connectivity index (χ0n) is 11.9. The van der Waals surface area contributed by atoms with Crippen LogP contribution in [-0.4, -0.2) is 30.1 Å². The molecule has 2 aromatic carbocycles. The molecule has 5 heteroatoms. The first-order valence-electron chi connectivity index (χ1n) is 6.82. The number of hydrogen-bond donors (Lipinski definition) is 0. The molecule has 0 fully saturated rings. The molecule has 116 valence electrons. The second kappa shape index (κ2) is 6.64. The Morgan fingerprint density at radius 2 is 1.82 bits per heavy atom. The van der Waals surface area contributed by atoms with Gasteiger partial charge in [0.15, 0.2) is 0 Å². The molecule has 0 bridgehead atoms. The number of fused-ring (bicyclic) bond motifs is 1. The van der Waals surface area contributed by atoms with Crippen LogP contribution in [0.1, 0.15) is 5.56 Å². The van der Waals surface area contributed by atoms with Crippen molar-refractivity contribution in [3.63, 3.8) is 0 Å². The molecule has 0 aromatic heterocycles. The number of hydrogen-bond acceptors (Lipinski definition) is 1. The molecule has 0 unspecified atom stereocenters. The van der Waals surface area contributed by atoms with Gasteiger partial charge in [-0.3, -0.25) is 4.79 Å². The third-order valence-electron chi connectivity index (χ3n) is 3.24. The zero-order valence-corrected chi connectivity index (χ0v) is 11.9. The van der Waals surface area contributed by atoms with Crippen LogP contribution in [0.15, 0.2) is 55.1 Å². The van der Waals surface area contributed by atoms with Gasteiger partial charge in [-0.25, -0.2) is 0 Å². The third-order valence-corrected chi connectivity index (χ3v) is 3.24. The van der Waals surface area contributed by atoms with E-state index in [9.17, 15) is 18.0 Å². The largest absolute Gasteiger partial charge is 0.406 e. The van der Waals surface area contributed by atoms with Crippen molar-refractivity contribution < 1.29 is 18.0 Å². The van der Waals surface area contributed by atoms with Crippen LogP contribution < -0.4 is 0 Å². The normalized spacial score (nSPS) is 11.4. The van der Waals surface area contributed by atoms with Crippen LogP contribution in [-0.2, 0) is 11.2 Å². The Hall–Kier alpha value is -2.30. The quantitative estimate of drug-likeness (QED) is 0.766. The van der Waals surface area contributed by atoms with Crippen LogP contribution in [0.25, 0.3) is 10.8 Å². The summed E-state index contributed by atoms with van der Waals surface area (Å²) in [7, 11) is 0. The molecule has 1 amide bonds.